The van der Waals surface area contributed by atoms with Gasteiger partial charge in [0.1, 0.15) is 0 Å². The van der Waals surface area contributed by atoms with Gasteiger partial charge < -0.3 is 5.32 Å². The van der Waals surface area contributed by atoms with Gasteiger partial charge in [0.25, 0.3) is 0 Å². The van der Waals surface area contributed by atoms with Gasteiger partial charge in [0.05, 0.1) is 0 Å². The van der Waals surface area contributed by atoms with Crippen LogP contribution in [0.5, 0.6) is 0 Å². The Balaban J connectivity index is 0.000000509. The number of hydrogen-bond donors (Lipinski definition) is 1. The topological polar surface area (TPSA) is 12.0 Å². The third kappa shape index (κ3) is 3.41. The summed E-state index contributed by atoms with van der Waals surface area (Å²) in [5.41, 5.74) is 5.51. The zero-order valence-corrected chi connectivity index (χ0v) is 11.5. The monoisotopic (exact) mass is 219 g/mol. The van der Waals surface area contributed by atoms with Crippen LogP contribution in [-0.4, -0.2) is 0 Å². The van der Waals surface area contributed by atoms with Gasteiger partial charge in [0, 0.05) is 5.69 Å². The number of aryl methyl sites for hydroxylation is 1. The summed E-state index contributed by atoms with van der Waals surface area (Å²) in [6.45, 7) is 12.4. The van der Waals surface area contributed by atoms with E-state index >= 15 is 0 Å². The van der Waals surface area contributed by atoms with Crippen LogP contribution in [0.3, 0.4) is 0 Å². The molecule has 0 spiro atoms. The van der Waals surface area contributed by atoms with E-state index in [1.165, 1.54) is 22.4 Å². The Morgan fingerprint density at radius 2 is 1.62 bits per heavy atom. The van der Waals surface area contributed by atoms with Gasteiger partial charge in [-0.2, -0.15) is 0 Å². The summed E-state index contributed by atoms with van der Waals surface area (Å²) in [7, 11) is 0. The first-order chi connectivity index (χ1) is 7.79. The summed E-state index contributed by atoms with van der Waals surface area (Å²) in [6.07, 6.45) is 5.24. The van der Waals surface area contributed by atoms with Crippen LogP contribution in [0.15, 0.2) is 24.4 Å². The number of allylic oxidation sites excluding steroid dienone is 1. The van der Waals surface area contributed by atoms with Gasteiger partial charge >= 0.3 is 0 Å². The molecule has 0 saturated carbocycles. The second kappa shape index (κ2) is 7.98. The van der Waals surface area contributed by atoms with Crippen molar-refractivity contribution in [3.8, 4) is 0 Å². The van der Waals surface area contributed by atoms with Crippen LogP contribution in [0.4, 0.5) is 5.69 Å². The summed E-state index contributed by atoms with van der Waals surface area (Å²) < 4.78 is 0. The Labute approximate surface area is 101 Å². The summed E-state index contributed by atoms with van der Waals surface area (Å²) >= 11 is 0. The lowest BCUT2D eigenvalue weighted by Gasteiger charge is -2.16. The van der Waals surface area contributed by atoms with Crippen molar-refractivity contribution in [3.63, 3.8) is 0 Å². The first-order valence-electron chi connectivity index (χ1n) is 6.29. The minimum Gasteiger partial charge on any atom is -0.362 e. The van der Waals surface area contributed by atoms with Crippen molar-refractivity contribution < 1.29 is 0 Å². The van der Waals surface area contributed by atoms with E-state index in [0.717, 1.165) is 6.42 Å². The maximum atomic E-state index is 3.25. The van der Waals surface area contributed by atoms with Crippen molar-refractivity contribution in [1.82, 2.24) is 0 Å². The van der Waals surface area contributed by atoms with Crippen LogP contribution in [0.1, 0.15) is 44.4 Å². The van der Waals surface area contributed by atoms with E-state index in [4.69, 9.17) is 0 Å². The molecule has 0 aromatic heterocycles. The first kappa shape index (κ1) is 14.8. The molecular formula is C15H25N. The zero-order chi connectivity index (χ0) is 12.6. The van der Waals surface area contributed by atoms with Gasteiger partial charge in [-0.1, -0.05) is 39.8 Å². The molecule has 0 fully saturated rings. The SMILES string of the molecule is CC.CC.Cc1ccc2c(c1C)CC=CN2. The fourth-order valence-electron chi connectivity index (χ4n) is 1.60. The van der Waals surface area contributed by atoms with Crippen LogP contribution >= 0.6 is 0 Å². The third-order valence-corrected chi connectivity index (χ3v) is 2.55. The van der Waals surface area contributed by atoms with Gasteiger partial charge in [-0.15, -0.1) is 0 Å². The average molecular weight is 219 g/mol. The van der Waals surface area contributed by atoms with Crippen molar-refractivity contribution in [2.45, 2.75) is 48.0 Å². The lowest BCUT2D eigenvalue weighted by Crippen LogP contribution is -2.02. The number of anilines is 1. The molecule has 1 nitrogen and oxygen atoms in total. The molecule has 0 unspecified atom stereocenters. The van der Waals surface area contributed by atoms with Crippen molar-refractivity contribution >= 4 is 5.69 Å². The highest BCUT2D eigenvalue weighted by Gasteiger charge is 2.07. The number of rotatable bonds is 0. The zero-order valence-electron chi connectivity index (χ0n) is 11.5. The normalized spacial score (nSPS) is 11.1. The number of nitrogens with one attached hydrogen (secondary N) is 1. The molecule has 0 radical (unpaired) electrons. The fraction of sp³-hybridized carbons (Fsp3) is 0.467. The third-order valence-electron chi connectivity index (χ3n) is 2.55. The summed E-state index contributed by atoms with van der Waals surface area (Å²) in [4.78, 5) is 0. The molecule has 2 rings (SSSR count). The van der Waals surface area contributed by atoms with Crippen LogP contribution in [0, 0.1) is 13.8 Å². The van der Waals surface area contributed by atoms with Gasteiger partial charge in [-0.3, -0.25) is 0 Å². The highest BCUT2D eigenvalue weighted by atomic mass is 14.8. The molecule has 0 amide bonds. The molecular weight excluding hydrogens is 194 g/mol. The Hall–Kier alpha value is -1.24. The first-order valence-corrected chi connectivity index (χ1v) is 6.29. The van der Waals surface area contributed by atoms with E-state index in [1.807, 2.05) is 33.9 Å². The molecule has 1 aromatic rings. The minimum atomic E-state index is 1.07. The number of hydrogen-bond acceptors (Lipinski definition) is 1. The van der Waals surface area contributed by atoms with Crippen LogP contribution in [-0.2, 0) is 6.42 Å². The van der Waals surface area contributed by atoms with E-state index in [0.29, 0.717) is 0 Å². The molecule has 1 heterocycles. The van der Waals surface area contributed by atoms with E-state index in [-0.39, 0.29) is 0 Å². The quantitative estimate of drug-likeness (QED) is 0.658. The minimum absolute atomic E-state index is 1.07. The molecule has 1 aliphatic heterocycles. The number of benzene rings is 1. The molecule has 1 heteroatoms. The van der Waals surface area contributed by atoms with Crippen LogP contribution in [0.25, 0.3) is 0 Å². The summed E-state index contributed by atoms with van der Waals surface area (Å²) in [5.74, 6) is 0. The largest absolute Gasteiger partial charge is 0.362 e. The number of fused-ring (bicyclic) bond motifs is 1. The maximum Gasteiger partial charge on any atom is 0.0418 e. The van der Waals surface area contributed by atoms with Gasteiger partial charge in [-0.05, 0) is 49.2 Å². The second-order valence-corrected chi connectivity index (χ2v) is 3.28. The Morgan fingerprint density at radius 1 is 1.00 bits per heavy atom. The summed E-state index contributed by atoms with van der Waals surface area (Å²) in [5, 5.41) is 3.25. The highest BCUT2D eigenvalue weighted by Crippen LogP contribution is 2.25. The van der Waals surface area contributed by atoms with Crippen LogP contribution in [0.2, 0.25) is 0 Å². The smallest absolute Gasteiger partial charge is 0.0418 e. The maximum absolute atomic E-state index is 3.25. The Bertz CT molecular complexity index is 338. The summed E-state index contributed by atoms with van der Waals surface area (Å²) in [6, 6.07) is 4.32. The van der Waals surface area contributed by atoms with E-state index in [9.17, 15) is 0 Å². The molecule has 0 aliphatic carbocycles. The molecule has 16 heavy (non-hydrogen) atoms. The highest BCUT2D eigenvalue weighted by molar-refractivity contribution is 5.60. The second-order valence-electron chi connectivity index (χ2n) is 3.28. The predicted octanol–water partition coefficient (Wildman–Crippen LogP) is 4.84. The average Bonchev–Trinajstić information content (AvgIpc) is 2.39. The van der Waals surface area contributed by atoms with Gasteiger partial charge in [0.15, 0.2) is 0 Å². The van der Waals surface area contributed by atoms with Crippen molar-refractivity contribution in [1.29, 1.82) is 0 Å². The molecule has 1 aromatic carbocycles. The van der Waals surface area contributed by atoms with E-state index in [1.54, 1.807) is 0 Å². The van der Waals surface area contributed by atoms with E-state index < -0.39 is 0 Å². The Kier molecular flexibility index (Phi) is 7.36. The Morgan fingerprint density at radius 3 is 2.25 bits per heavy atom. The fourth-order valence-corrected chi connectivity index (χ4v) is 1.60. The van der Waals surface area contributed by atoms with Crippen molar-refractivity contribution in [2.75, 3.05) is 5.32 Å². The van der Waals surface area contributed by atoms with Gasteiger partial charge in [0.2, 0.25) is 0 Å². The van der Waals surface area contributed by atoms with Gasteiger partial charge in [-0.25, -0.2) is 0 Å². The molecule has 0 saturated heterocycles. The van der Waals surface area contributed by atoms with Crippen LogP contribution < -0.4 is 5.32 Å². The molecule has 1 aliphatic rings. The molecule has 0 bridgehead atoms. The van der Waals surface area contributed by atoms with E-state index in [2.05, 4.69) is 37.4 Å². The lowest BCUT2D eigenvalue weighted by molar-refractivity contribution is 1.15. The predicted molar refractivity (Wildman–Crippen MR) is 75.1 cm³/mol. The standard InChI is InChI=1S/C11H13N.2C2H6/c1-8-5-6-11-10(9(8)2)4-3-7-12-11;2*1-2/h3,5-7,12H,4H2,1-2H3;2*1-2H3. The molecule has 90 valence electrons. The molecule has 1 N–H and O–H groups in total. The van der Waals surface area contributed by atoms with Crippen molar-refractivity contribution in [3.05, 3.63) is 41.1 Å². The lowest BCUT2D eigenvalue weighted by atomic mass is 9.97. The molecule has 0 atom stereocenters. The van der Waals surface area contributed by atoms with Crippen molar-refractivity contribution in [2.24, 2.45) is 0 Å².